The van der Waals surface area contributed by atoms with Gasteiger partial charge in [0.2, 0.25) is 0 Å². The predicted octanol–water partition coefficient (Wildman–Crippen LogP) is 3.66. The fourth-order valence-electron chi connectivity index (χ4n) is 3.68. The topological polar surface area (TPSA) is 37.2 Å². The number of ether oxygens (including phenoxy) is 1. The molecule has 0 bridgehead atoms. The Morgan fingerprint density at radius 1 is 1.00 bits per heavy atom. The third kappa shape index (κ3) is 2.29. The van der Waals surface area contributed by atoms with E-state index in [0.29, 0.717) is 6.61 Å². The number of rotatable bonds is 1. The monoisotopic (exact) mass is 329 g/mol. The summed E-state index contributed by atoms with van der Waals surface area (Å²) in [4.78, 5) is 12.2. The number of para-hydroxylation sites is 1. The summed E-state index contributed by atoms with van der Waals surface area (Å²) in [5, 5.41) is 0. The van der Waals surface area contributed by atoms with Crippen LogP contribution in [0.25, 0.3) is 5.70 Å². The van der Waals surface area contributed by atoms with E-state index >= 15 is 0 Å². The molecule has 5 rings (SSSR count). The zero-order valence-electron chi connectivity index (χ0n) is 14.2. The third-order valence-corrected chi connectivity index (χ3v) is 4.93. The van der Waals surface area contributed by atoms with Crippen molar-refractivity contribution >= 4 is 17.4 Å². The number of hydrogen-bond donors (Lipinski definition) is 0. The van der Waals surface area contributed by atoms with Crippen LogP contribution < -0.4 is 4.74 Å². The quantitative estimate of drug-likeness (QED) is 0.800. The van der Waals surface area contributed by atoms with Crippen molar-refractivity contribution in [3.63, 3.8) is 0 Å². The van der Waals surface area contributed by atoms with Gasteiger partial charge in [0.1, 0.15) is 17.4 Å². The Balaban J connectivity index is 1.73. The van der Waals surface area contributed by atoms with Crippen LogP contribution >= 0.6 is 0 Å². The van der Waals surface area contributed by atoms with Gasteiger partial charge in [-0.05, 0) is 19.1 Å². The number of hydrogen-bond acceptors (Lipinski definition) is 4. The molecule has 0 aliphatic carbocycles. The van der Waals surface area contributed by atoms with E-state index in [1.165, 1.54) is 11.1 Å². The van der Waals surface area contributed by atoms with Gasteiger partial charge in [0.25, 0.3) is 0 Å². The Kier molecular flexibility index (Phi) is 3.23. The van der Waals surface area contributed by atoms with E-state index in [1.54, 1.807) is 0 Å². The van der Waals surface area contributed by atoms with Crippen LogP contribution in [0, 0.1) is 6.92 Å². The highest BCUT2D eigenvalue weighted by Crippen LogP contribution is 2.38. The van der Waals surface area contributed by atoms with Crippen molar-refractivity contribution in [3.8, 4) is 5.75 Å². The fourth-order valence-corrected chi connectivity index (χ4v) is 3.68. The molecule has 2 aromatic rings. The van der Waals surface area contributed by atoms with Crippen molar-refractivity contribution in [2.24, 2.45) is 9.98 Å². The summed E-state index contributed by atoms with van der Waals surface area (Å²) in [5.74, 6) is 2.97. The van der Waals surface area contributed by atoms with Gasteiger partial charge in [-0.25, -0.2) is 4.99 Å². The van der Waals surface area contributed by atoms with Crippen LogP contribution in [0.3, 0.4) is 0 Å². The summed E-state index contributed by atoms with van der Waals surface area (Å²) in [7, 11) is 0. The van der Waals surface area contributed by atoms with Gasteiger partial charge in [0, 0.05) is 29.7 Å². The molecule has 0 spiro atoms. The zero-order valence-corrected chi connectivity index (χ0v) is 14.2. The molecule has 3 heterocycles. The van der Waals surface area contributed by atoms with Crippen LogP contribution in [-0.2, 0) is 0 Å². The molecule has 25 heavy (non-hydrogen) atoms. The SMILES string of the molecule is Cc1ccc(C2=NC3=C(CCOc4ccccc43)C3=NCCN32)cc1. The van der Waals surface area contributed by atoms with Crippen LogP contribution in [0.2, 0.25) is 0 Å². The van der Waals surface area contributed by atoms with E-state index in [9.17, 15) is 0 Å². The molecule has 0 unspecified atom stereocenters. The molecule has 0 atom stereocenters. The average molecular weight is 329 g/mol. The molecule has 4 nitrogen and oxygen atoms in total. The van der Waals surface area contributed by atoms with E-state index in [2.05, 4.69) is 42.2 Å². The highest BCUT2D eigenvalue weighted by atomic mass is 16.5. The second-order valence-corrected chi connectivity index (χ2v) is 6.58. The molecular formula is C21H19N3O. The Labute approximate surface area is 147 Å². The van der Waals surface area contributed by atoms with Gasteiger partial charge >= 0.3 is 0 Å². The van der Waals surface area contributed by atoms with Gasteiger partial charge in [0.05, 0.1) is 18.8 Å². The zero-order chi connectivity index (χ0) is 16.8. The lowest BCUT2D eigenvalue weighted by Gasteiger charge is -2.29. The molecule has 4 heteroatoms. The molecule has 3 aliphatic rings. The summed E-state index contributed by atoms with van der Waals surface area (Å²) in [5.41, 5.74) is 5.67. The van der Waals surface area contributed by atoms with E-state index < -0.39 is 0 Å². The molecule has 0 saturated carbocycles. The lowest BCUT2D eigenvalue weighted by molar-refractivity contribution is 0.325. The summed E-state index contributed by atoms with van der Waals surface area (Å²) in [6.07, 6.45) is 0.837. The van der Waals surface area contributed by atoms with E-state index in [1.807, 2.05) is 18.2 Å². The van der Waals surface area contributed by atoms with Crippen LogP contribution in [0.5, 0.6) is 5.75 Å². The molecule has 0 aromatic heterocycles. The Bertz CT molecular complexity index is 938. The molecule has 3 aliphatic heterocycles. The maximum atomic E-state index is 5.96. The maximum Gasteiger partial charge on any atom is 0.142 e. The number of fused-ring (bicyclic) bond motifs is 4. The predicted molar refractivity (Wildman–Crippen MR) is 100 cm³/mol. The Hall–Kier alpha value is -2.88. The van der Waals surface area contributed by atoms with Gasteiger partial charge in [-0.1, -0.05) is 42.0 Å². The molecule has 0 saturated heterocycles. The van der Waals surface area contributed by atoms with Crippen LogP contribution in [0.15, 0.2) is 64.1 Å². The minimum Gasteiger partial charge on any atom is -0.493 e. The van der Waals surface area contributed by atoms with Gasteiger partial charge < -0.3 is 9.64 Å². The molecule has 2 aromatic carbocycles. The van der Waals surface area contributed by atoms with Crippen molar-refractivity contribution < 1.29 is 4.74 Å². The first-order valence-electron chi connectivity index (χ1n) is 8.75. The highest BCUT2D eigenvalue weighted by Gasteiger charge is 2.34. The molecule has 0 radical (unpaired) electrons. The lowest BCUT2D eigenvalue weighted by Crippen LogP contribution is -2.38. The first-order valence-corrected chi connectivity index (χ1v) is 8.75. The summed E-state index contributed by atoms with van der Waals surface area (Å²) < 4.78 is 5.96. The maximum absolute atomic E-state index is 5.96. The highest BCUT2D eigenvalue weighted by molar-refractivity contribution is 6.22. The molecule has 0 fully saturated rings. The number of aliphatic imine (C=N–C) groups is 2. The molecule has 124 valence electrons. The molecule has 0 N–H and O–H groups in total. The van der Waals surface area contributed by atoms with E-state index in [-0.39, 0.29) is 0 Å². The van der Waals surface area contributed by atoms with Gasteiger partial charge in [0.15, 0.2) is 0 Å². The minimum absolute atomic E-state index is 0.665. The van der Waals surface area contributed by atoms with Crippen LogP contribution in [0.1, 0.15) is 23.1 Å². The largest absolute Gasteiger partial charge is 0.493 e. The van der Waals surface area contributed by atoms with Gasteiger partial charge in [-0.15, -0.1) is 0 Å². The average Bonchev–Trinajstić information content (AvgIpc) is 3.05. The fraction of sp³-hybridized carbons (Fsp3) is 0.238. The van der Waals surface area contributed by atoms with Gasteiger partial charge in [-0.3, -0.25) is 4.99 Å². The summed E-state index contributed by atoms with van der Waals surface area (Å²) in [6, 6.07) is 16.7. The van der Waals surface area contributed by atoms with Crippen molar-refractivity contribution in [3.05, 3.63) is 70.8 Å². The summed E-state index contributed by atoms with van der Waals surface area (Å²) >= 11 is 0. The first kappa shape index (κ1) is 14.5. The third-order valence-electron chi connectivity index (χ3n) is 4.93. The molecule has 0 amide bonds. The standard InChI is InChI=1S/C21H19N3O/c1-14-6-8-15(9-7-14)20-23-19-16-4-2-3-5-18(16)25-13-10-17(19)21-22-11-12-24(20)21/h2-9H,10-13H2,1H3. The first-order chi connectivity index (χ1) is 12.3. The second kappa shape index (κ2) is 5.59. The summed E-state index contributed by atoms with van der Waals surface area (Å²) in [6.45, 7) is 4.48. The Morgan fingerprint density at radius 2 is 1.84 bits per heavy atom. The normalized spacial score (nSPS) is 18.5. The lowest BCUT2D eigenvalue weighted by atomic mass is 10.00. The van der Waals surface area contributed by atoms with Crippen molar-refractivity contribution in [1.29, 1.82) is 0 Å². The smallest absolute Gasteiger partial charge is 0.142 e. The Morgan fingerprint density at radius 3 is 2.72 bits per heavy atom. The molecular weight excluding hydrogens is 310 g/mol. The van der Waals surface area contributed by atoms with Crippen LogP contribution in [0.4, 0.5) is 0 Å². The van der Waals surface area contributed by atoms with Gasteiger partial charge in [-0.2, -0.15) is 0 Å². The van der Waals surface area contributed by atoms with E-state index in [4.69, 9.17) is 14.7 Å². The van der Waals surface area contributed by atoms with Crippen molar-refractivity contribution in [2.45, 2.75) is 13.3 Å². The number of aryl methyl sites for hydroxylation is 1. The minimum atomic E-state index is 0.665. The number of nitrogens with zero attached hydrogens (tertiary/aromatic N) is 3. The van der Waals surface area contributed by atoms with Crippen molar-refractivity contribution in [1.82, 2.24) is 4.90 Å². The number of benzene rings is 2. The number of amidine groups is 2. The van der Waals surface area contributed by atoms with E-state index in [0.717, 1.165) is 53.8 Å². The van der Waals surface area contributed by atoms with Crippen LogP contribution in [-0.4, -0.2) is 36.3 Å². The van der Waals surface area contributed by atoms with Crippen molar-refractivity contribution in [2.75, 3.05) is 19.7 Å². The second-order valence-electron chi connectivity index (χ2n) is 6.58.